The van der Waals surface area contributed by atoms with E-state index in [2.05, 4.69) is 27.6 Å². The molecule has 0 radical (unpaired) electrons. The van der Waals surface area contributed by atoms with E-state index in [0.717, 1.165) is 15.8 Å². The zero-order valence-corrected chi connectivity index (χ0v) is 11.1. The van der Waals surface area contributed by atoms with Crippen molar-refractivity contribution < 1.29 is 0 Å². The van der Waals surface area contributed by atoms with Crippen LogP contribution in [0.15, 0.2) is 35.5 Å². The largest absolute Gasteiger partial charge is 0.338 e. The highest BCUT2D eigenvalue weighted by Gasteiger charge is 2.01. The molecular formula is C11H12IN3O. The molecule has 0 amide bonds. The third-order valence-electron chi connectivity index (χ3n) is 2.44. The number of hydrogen-bond donors (Lipinski definition) is 0. The molecule has 0 aliphatic rings. The molecule has 0 aliphatic carbocycles. The summed E-state index contributed by atoms with van der Waals surface area (Å²) < 4.78 is 4.76. The number of pyridine rings is 1. The van der Waals surface area contributed by atoms with Crippen LogP contribution in [-0.4, -0.2) is 14.1 Å². The Labute approximate surface area is 107 Å². The summed E-state index contributed by atoms with van der Waals surface area (Å²) in [5.41, 5.74) is 0.0367. The molecule has 16 heavy (non-hydrogen) atoms. The number of nitrogens with zero attached hydrogens (tertiary/aromatic N) is 3. The molecule has 0 fully saturated rings. The Bertz CT molecular complexity index is 544. The maximum Gasteiger partial charge on any atom is 0.250 e. The minimum atomic E-state index is 0.0367. The molecule has 0 spiro atoms. The summed E-state index contributed by atoms with van der Waals surface area (Å²) in [4.78, 5) is 15.8. The van der Waals surface area contributed by atoms with E-state index in [1.807, 2.05) is 30.1 Å². The van der Waals surface area contributed by atoms with Crippen LogP contribution in [0.5, 0.6) is 0 Å². The lowest BCUT2D eigenvalue weighted by Crippen LogP contribution is -2.20. The molecule has 2 aromatic rings. The van der Waals surface area contributed by atoms with Crippen LogP contribution >= 0.6 is 22.6 Å². The van der Waals surface area contributed by atoms with Gasteiger partial charge in [0.05, 0.1) is 0 Å². The minimum Gasteiger partial charge on any atom is -0.338 e. The fourth-order valence-electron chi connectivity index (χ4n) is 1.53. The molecular weight excluding hydrogens is 317 g/mol. The van der Waals surface area contributed by atoms with Gasteiger partial charge in [-0.05, 0) is 28.7 Å². The van der Waals surface area contributed by atoms with Crippen LogP contribution in [0.4, 0.5) is 0 Å². The summed E-state index contributed by atoms with van der Waals surface area (Å²) in [5.74, 6) is 0.991. The van der Waals surface area contributed by atoms with Gasteiger partial charge < -0.3 is 9.13 Å². The average molecular weight is 329 g/mol. The van der Waals surface area contributed by atoms with Crippen molar-refractivity contribution in [2.45, 2.75) is 13.0 Å². The molecule has 2 rings (SSSR count). The Morgan fingerprint density at radius 1 is 1.44 bits per heavy atom. The van der Waals surface area contributed by atoms with Gasteiger partial charge in [-0.15, -0.1) is 0 Å². The Balaban J connectivity index is 2.13. The van der Waals surface area contributed by atoms with Crippen LogP contribution in [-0.2, 0) is 20.0 Å². The second-order valence-corrected chi connectivity index (χ2v) is 4.83. The summed E-state index contributed by atoms with van der Waals surface area (Å²) in [6.45, 7) is 0.667. The van der Waals surface area contributed by atoms with Crippen LogP contribution in [0.25, 0.3) is 0 Å². The minimum absolute atomic E-state index is 0.0367. The fourth-order valence-corrected chi connectivity index (χ4v) is 2.05. The maximum atomic E-state index is 11.5. The first-order chi connectivity index (χ1) is 7.66. The SMILES string of the molecule is Cn1ccnc1CCn1cc(I)ccc1=O. The second kappa shape index (κ2) is 4.82. The molecule has 2 aromatic heterocycles. The van der Waals surface area contributed by atoms with E-state index in [9.17, 15) is 4.79 Å². The highest BCUT2D eigenvalue weighted by molar-refractivity contribution is 14.1. The topological polar surface area (TPSA) is 39.8 Å². The van der Waals surface area contributed by atoms with Crippen LogP contribution in [0, 0.1) is 3.57 Å². The van der Waals surface area contributed by atoms with Crippen LogP contribution in [0.2, 0.25) is 0 Å². The highest BCUT2D eigenvalue weighted by atomic mass is 127. The lowest BCUT2D eigenvalue weighted by atomic mass is 10.3. The van der Waals surface area contributed by atoms with Gasteiger partial charge in [-0.1, -0.05) is 0 Å². The monoisotopic (exact) mass is 329 g/mol. The third-order valence-corrected chi connectivity index (χ3v) is 3.08. The first-order valence-corrected chi connectivity index (χ1v) is 6.07. The zero-order chi connectivity index (χ0) is 11.5. The number of rotatable bonds is 3. The quantitative estimate of drug-likeness (QED) is 0.800. The molecule has 0 bridgehead atoms. The summed E-state index contributed by atoms with van der Waals surface area (Å²) in [6, 6.07) is 3.42. The lowest BCUT2D eigenvalue weighted by molar-refractivity contribution is 0.630. The Kier molecular flexibility index (Phi) is 3.42. The van der Waals surface area contributed by atoms with Crippen LogP contribution in [0.3, 0.4) is 0 Å². The first-order valence-electron chi connectivity index (χ1n) is 4.99. The molecule has 2 heterocycles. The van der Waals surface area contributed by atoms with Crippen LogP contribution < -0.4 is 5.56 Å². The molecule has 84 valence electrons. The van der Waals surface area contributed by atoms with Crippen molar-refractivity contribution in [3.63, 3.8) is 0 Å². The van der Waals surface area contributed by atoms with Crippen molar-refractivity contribution in [3.8, 4) is 0 Å². The number of aryl methyl sites for hydroxylation is 3. The summed E-state index contributed by atoms with van der Waals surface area (Å²) in [7, 11) is 1.96. The second-order valence-electron chi connectivity index (χ2n) is 3.58. The maximum absolute atomic E-state index is 11.5. The van der Waals surface area contributed by atoms with E-state index in [-0.39, 0.29) is 5.56 Å². The van der Waals surface area contributed by atoms with Gasteiger partial charge in [0.1, 0.15) is 5.82 Å². The molecule has 4 nitrogen and oxygen atoms in total. The third kappa shape index (κ3) is 2.52. The number of hydrogen-bond acceptors (Lipinski definition) is 2. The van der Waals surface area contributed by atoms with Crippen molar-refractivity contribution in [1.29, 1.82) is 0 Å². The van der Waals surface area contributed by atoms with Crippen molar-refractivity contribution >= 4 is 22.6 Å². The van der Waals surface area contributed by atoms with E-state index in [0.29, 0.717) is 6.54 Å². The van der Waals surface area contributed by atoms with Crippen molar-refractivity contribution in [2.75, 3.05) is 0 Å². The standard InChI is InChI=1S/C11H12IN3O/c1-14-7-5-13-10(14)4-6-15-8-9(12)2-3-11(15)16/h2-3,5,7-8H,4,6H2,1H3. The van der Waals surface area contributed by atoms with Gasteiger partial charge in [-0.25, -0.2) is 4.98 Å². The predicted octanol–water partition coefficient (Wildman–Crippen LogP) is 1.43. The van der Waals surface area contributed by atoms with Crippen molar-refractivity contribution in [2.24, 2.45) is 7.05 Å². The van der Waals surface area contributed by atoms with E-state index < -0.39 is 0 Å². The fraction of sp³-hybridized carbons (Fsp3) is 0.273. The van der Waals surface area contributed by atoms with Gasteiger partial charge in [-0.2, -0.15) is 0 Å². The van der Waals surface area contributed by atoms with Gasteiger partial charge in [0, 0.05) is 48.2 Å². The van der Waals surface area contributed by atoms with Crippen LogP contribution in [0.1, 0.15) is 5.82 Å². The van der Waals surface area contributed by atoms with Gasteiger partial charge >= 0.3 is 0 Å². The zero-order valence-electron chi connectivity index (χ0n) is 8.93. The molecule has 0 atom stereocenters. The van der Waals surface area contributed by atoms with Crippen molar-refractivity contribution in [3.05, 3.63) is 50.5 Å². The summed E-state index contributed by atoms with van der Waals surface area (Å²) in [5, 5.41) is 0. The van der Waals surface area contributed by atoms with E-state index >= 15 is 0 Å². The summed E-state index contributed by atoms with van der Waals surface area (Å²) in [6.07, 6.45) is 6.31. The smallest absolute Gasteiger partial charge is 0.250 e. The Hall–Kier alpha value is -1.11. The number of halogens is 1. The van der Waals surface area contributed by atoms with Gasteiger partial charge in [0.15, 0.2) is 0 Å². The highest BCUT2D eigenvalue weighted by Crippen LogP contribution is 2.01. The Morgan fingerprint density at radius 3 is 2.94 bits per heavy atom. The van der Waals surface area contributed by atoms with Crippen molar-refractivity contribution in [1.82, 2.24) is 14.1 Å². The Morgan fingerprint density at radius 2 is 2.25 bits per heavy atom. The van der Waals surface area contributed by atoms with E-state index in [4.69, 9.17) is 0 Å². The molecule has 0 unspecified atom stereocenters. The predicted molar refractivity (Wildman–Crippen MR) is 70.3 cm³/mol. The summed E-state index contributed by atoms with van der Waals surface area (Å²) >= 11 is 2.20. The molecule has 5 heteroatoms. The molecule has 0 N–H and O–H groups in total. The lowest BCUT2D eigenvalue weighted by Gasteiger charge is -2.05. The average Bonchev–Trinajstić information content (AvgIpc) is 2.66. The van der Waals surface area contributed by atoms with Gasteiger partial charge in [0.2, 0.25) is 0 Å². The molecule has 0 aromatic carbocycles. The molecule has 0 saturated heterocycles. The normalized spacial score (nSPS) is 10.6. The number of imidazole rings is 1. The van der Waals surface area contributed by atoms with Gasteiger partial charge in [-0.3, -0.25) is 4.79 Å². The number of aromatic nitrogens is 3. The van der Waals surface area contributed by atoms with E-state index in [1.54, 1.807) is 16.8 Å². The van der Waals surface area contributed by atoms with E-state index in [1.165, 1.54) is 0 Å². The molecule has 0 saturated carbocycles. The van der Waals surface area contributed by atoms with Gasteiger partial charge in [0.25, 0.3) is 5.56 Å². The first kappa shape index (κ1) is 11.4. The molecule has 0 aliphatic heterocycles.